The summed E-state index contributed by atoms with van der Waals surface area (Å²) in [5.74, 6) is -0.437. The minimum Gasteiger partial charge on any atom is -0.352 e. The Morgan fingerprint density at radius 3 is 2.43 bits per heavy atom. The Balaban J connectivity index is 1.32. The first-order chi connectivity index (χ1) is 14.5. The minimum atomic E-state index is -0.585. The number of carbonyl (C=O) groups is 1. The fourth-order valence-corrected chi connectivity index (χ4v) is 3.78. The summed E-state index contributed by atoms with van der Waals surface area (Å²) in [5.41, 5.74) is 1.12. The van der Waals surface area contributed by atoms with Gasteiger partial charge in [-0.3, -0.25) is 19.8 Å². The van der Waals surface area contributed by atoms with Crippen LogP contribution in [0.1, 0.15) is 28.8 Å². The summed E-state index contributed by atoms with van der Waals surface area (Å²) in [7, 11) is 0. The Labute approximate surface area is 181 Å². The number of rotatable bonds is 9. The van der Waals surface area contributed by atoms with Gasteiger partial charge in [-0.15, -0.1) is 0 Å². The molecular weight excluding hydrogens is 404 g/mol. The topological polar surface area (TPSA) is 78.7 Å². The fraction of sp³-hybridized carbons (Fsp3) is 0.409. The van der Waals surface area contributed by atoms with Gasteiger partial charge in [-0.25, -0.2) is 0 Å². The van der Waals surface area contributed by atoms with Gasteiger partial charge in [0.05, 0.1) is 4.92 Å². The maximum absolute atomic E-state index is 12.3. The number of carbonyl (C=O) groups excluding carboxylic acids is 1. The van der Waals surface area contributed by atoms with Crippen molar-refractivity contribution in [3.63, 3.8) is 0 Å². The predicted molar refractivity (Wildman–Crippen MR) is 118 cm³/mol. The number of benzene rings is 2. The van der Waals surface area contributed by atoms with Gasteiger partial charge in [0.25, 0.3) is 11.6 Å². The summed E-state index contributed by atoms with van der Waals surface area (Å²) >= 11 is 5.79. The molecule has 1 amide bonds. The average Bonchev–Trinajstić information content (AvgIpc) is 2.75. The molecule has 0 atom stereocenters. The van der Waals surface area contributed by atoms with Gasteiger partial charge in [0.1, 0.15) is 5.56 Å². The van der Waals surface area contributed by atoms with Crippen LogP contribution in [0.5, 0.6) is 0 Å². The van der Waals surface area contributed by atoms with E-state index in [1.807, 2.05) is 6.07 Å². The first kappa shape index (κ1) is 22.2. The van der Waals surface area contributed by atoms with Crippen LogP contribution in [-0.2, 0) is 6.54 Å². The fourth-order valence-electron chi connectivity index (χ4n) is 3.62. The van der Waals surface area contributed by atoms with Crippen LogP contribution in [-0.4, -0.2) is 59.9 Å². The van der Waals surface area contributed by atoms with E-state index in [1.54, 1.807) is 0 Å². The molecule has 2 aromatic carbocycles. The molecule has 30 heavy (non-hydrogen) atoms. The Hall–Kier alpha value is -2.48. The van der Waals surface area contributed by atoms with Crippen LogP contribution in [0.4, 0.5) is 5.69 Å². The number of nitrogens with one attached hydrogen (secondary N) is 1. The molecule has 0 spiro atoms. The highest BCUT2D eigenvalue weighted by Crippen LogP contribution is 2.23. The molecule has 2 aromatic rings. The molecule has 0 aliphatic carbocycles. The molecule has 1 heterocycles. The molecule has 0 saturated carbocycles. The Bertz CT molecular complexity index is 855. The zero-order chi connectivity index (χ0) is 21.3. The molecule has 0 radical (unpaired) electrons. The van der Waals surface area contributed by atoms with E-state index in [0.29, 0.717) is 6.54 Å². The summed E-state index contributed by atoms with van der Waals surface area (Å²) in [6, 6.07) is 14.6. The molecule has 0 bridgehead atoms. The summed E-state index contributed by atoms with van der Waals surface area (Å²) in [6.45, 7) is 6.71. The Morgan fingerprint density at radius 1 is 1.03 bits per heavy atom. The van der Waals surface area contributed by atoms with Crippen LogP contribution in [0.25, 0.3) is 0 Å². The Morgan fingerprint density at radius 2 is 1.73 bits per heavy atom. The maximum atomic E-state index is 12.3. The number of nitro groups is 1. The molecule has 7 nitrogen and oxygen atoms in total. The quantitative estimate of drug-likeness (QED) is 0.373. The summed E-state index contributed by atoms with van der Waals surface area (Å²) in [4.78, 5) is 27.7. The number of piperazine rings is 1. The van der Waals surface area contributed by atoms with Crippen molar-refractivity contribution in [3.05, 3.63) is 74.8 Å². The number of halogens is 1. The lowest BCUT2D eigenvalue weighted by molar-refractivity contribution is -0.385. The van der Waals surface area contributed by atoms with Crippen molar-refractivity contribution in [3.8, 4) is 0 Å². The second-order valence-electron chi connectivity index (χ2n) is 7.48. The number of nitro benzene ring substituents is 1. The van der Waals surface area contributed by atoms with Crippen LogP contribution in [0.3, 0.4) is 0 Å². The van der Waals surface area contributed by atoms with Gasteiger partial charge >= 0.3 is 0 Å². The SMILES string of the molecule is O=C(NCCCCN1CCN(Cc2ccccc2)CC1)c1ccc(Cl)cc1[N+](=O)[O-]. The molecule has 1 fully saturated rings. The highest BCUT2D eigenvalue weighted by Gasteiger charge is 2.20. The first-order valence-corrected chi connectivity index (χ1v) is 10.6. The van der Waals surface area contributed by atoms with Crippen LogP contribution >= 0.6 is 11.6 Å². The molecule has 1 aliphatic heterocycles. The average molecular weight is 431 g/mol. The summed E-state index contributed by atoms with van der Waals surface area (Å²) in [6.07, 6.45) is 1.80. The number of hydrogen-bond donors (Lipinski definition) is 1. The molecule has 8 heteroatoms. The van der Waals surface area contributed by atoms with E-state index in [2.05, 4.69) is 39.4 Å². The Kier molecular flexibility index (Phi) is 8.19. The third-order valence-corrected chi connectivity index (χ3v) is 5.54. The monoisotopic (exact) mass is 430 g/mol. The van der Waals surface area contributed by atoms with Gasteiger partial charge in [-0.05, 0) is 37.1 Å². The second-order valence-corrected chi connectivity index (χ2v) is 7.92. The van der Waals surface area contributed by atoms with Gasteiger partial charge in [-0.1, -0.05) is 41.9 Å². The van der Waals surface area contributed by atoms with Gasteiger partial charge in [0, 0.05) is 50.4 Å². The zero-order valence-corrected chi connectivity index (χ0v) is 17.7. The lowest BCUT2D eigenvalue weighted by atomic mass is 10.1. The third kappa shape index (κ3) is 6.52. The predicted octanol–water partition coefficient (Wildman–Crippen LogP) is 3.58. The van der Waals surface area contributed by atoms with Crippen molar-refractivity contribution in [2.45, 2.75) is 19.4 Å². The molecule has 160 valence electrons. The van der Waals surface area contributed by atoms with Crippen molar-refractivity contribution >= 4 is 23.2 Å². The molecule has 3 rings (SSSR count). The van der Waals surface area contributed by atoms with Crippen LogP contribution in [0.2, 0.25) is 5.02 Å². The van der Waals surface area contributed by atoms with Crippen molar-refractivity contribution in [1.29, 1.82) is 0 Å². The lowest BCUT2D eigenvalue weighted by Gasteiger charge is -2.34. The normalized spacial score (nSPS) is 15.1. The van der Waals surface area contributed by atoms with E-state index < -0.39 is 10.8 Å². The van der Waals surface area contributed by atoms with Gasteiger partial charge in [0.2, 0.25) is 0 Å². The number of hydrogen-bond acceptors (Lipinski definition) is 5. The lowest BCUT2D eigenvalue weighted by Crippen LogP contribution is -2.46. The molecule has 1 N–H and O–H groups in total. The third-order valence-electron chi connectivity index (χ3n) is 5.30. The highest BCUT2D eigenvalue weighted by molar-refractivity contribution is 6.31. The van der Waals surface area contributed by atoms with E-state index in [4.69, 9.17) is 11.6 Å². The van der Waals surface area contributed by atoms with Gasteiger partial charge in [-0.2, -0.15) is 0 Å². The van der Waals surface area contributed by atoms with E-state index in [-0.39, 0.29) is 16.3 Å². The van der Waals surface area contributed by atoms with Crippen LogP contribution < -0.4 is 5.32 Å². The number of amides is 1. The highest BCUT2D eigenvalue weighted by atomic mass is 35.5. The largest absolute Gasteiger partial charge is 0.352 e. The van der Waals surface area contributed by atoms with Crippen molar-refractivity contribution in [2.75, 3.05) is 39.3 Å². The molecule has 0 aromatic heterocycles. The van der Waals surface area contributed by atoms with E-state index in [0.717, 1.165) is 52.1 Å². The first-order valence-electron chi connectivity index (χ1n) is 10.2. The van der Waals surface area contributed by atoms with E-state index in [1.165, 1.54) is 23.8 Å². The number of nitrogens with zero attached hydrogens (tertiary/aromatic N) is 3. The maximum Gasteiger partial charge on any atom is 0.283 e. The standard InChI is InChI=1S/C22H27ClN4O3/c23-19-8-9-20(21(16-19)27(29)30)22(28)24-10-4-5-11-25-12-14-26(15-13-25)17-18-6-2-1-3-7-18/h1-3,6-9,16H,4-5,10-15,17H2,(H,24,28). The van der Waals surface area contributed by atoms with Crippen molar-refractivity contribution < 1.29 is 9.72 Å². The summed E-state index contributed by atoms with van der Waals surface area (Å²) < 4.78 is 0. The minimum absolute atomic E-state index is 0.0407. The summed E-state index contributed by atoms with van der Waals surface area (Å²) in [5, 5.41) is 14.1. The van der Waals surface area contributed by atoms with Gasteiger partial charge < -0.3 is 10.2 Å². The second kappa shape index (κ2) is 11.1. The van der Waals surface area contributed by atoms with E-state index in [9.17, 15) is 14.9 Å². The number of unbranched alkanes of at least 4 members (excludes halogenated alkanes) is 1. The van der Waals surface area contributed by atoms with Gasteiger partial charge in [0.15, 0.2) is 0 Å². The molecule has 0 unspecified atom stereocenters. The molecular formula is C22H27ClN4O3. The van der Waals surface area contributed by atoms with E-state index >= 15 is 0 Å². The molecule has 1 saturated heterocycles. The van der Waals surface area contributed by atoms with Crippen molar-refractivity contribution in [1.82, 2.24) is 15.1 Å². The smallest absolute Gasteiger partial charge is 0.283 e. The van der Waals surface area contributed by atoms with Crippen LogP contribution in [0, 0.1) is 10.1 Å². The zero-order valence-electron chi connectivity index (χ0n) is 16.9. The van der Waals surface area contributed by atoms with Crippen LogP contribution in [0.15, 0.2) is 48.5 Å². The molecule has 1 aliphatic rings. The van der Waals surface area contributed by atoms with Crippen molar-refractivity contribution in [2.24, 2.45) is 0 Å².